The Morgan fingerprint density at radius 3 is 2.58 bits per heavy atom. The van der Waals surface area contributed by atoms with Crippen molar-refractivity contribution in [3.63, 3.8) is 0 Å². The maximum atomic E-state index is 9.01. The fraction of sp³-hybridized carbons (Fsp3) is 0.200. The Morgan fingerprint density at radius 1 is 1.29 bits per heavy atom. The summed E-state index contributed by atoms with van der Waals surface area (Å²) in [6.45, 7) is 11.9. The zero-order valence-electron chi connectivity index (χ0n) is 14.1. The van der Waals surface area contributed by atoms with Crippen LogP contribution < -0.4 is 4.90 Å². The van der Waals surface area contributed by atoms with Crippen molar-refractivity contribution < 1.29 is 4.74 Å². The summed E-state index contributed by atoms with van der Waals surface area (Å²) in [6, 6.07) is 10.1. The van der Waals surface area contributed by atoms with E-state index in [4.69, 9.17) is 16.6 Å². The second-order valence-corrected chi connectivity index (χ2v) is 5.37. The molecule has 1 aromatic carbocycles. The molecule has 1 aliphatic heterocycles. The maximum Gasteiger partial charge on any atom is 0.269 e. The van der Waals surface area contributed by atoms with Crippen LogP contribution in [0.4, 0.5) is 5.69 Å². The van der Waals surface area contributed by atoms with E-state index >= 15 is 0 Å². The number of benzene rings is 1. The van der Waals surface area contributed by atoms with Gasteiger partial charge in [-0.05, 0) is 55.3 Å². The van der Waals surface area contributed by atoms with Crippen molar-refractivity contribution in [2.75, 3.05) is 18.5 Å². The van der Waals surface area contributed by atoms with E-state index in [0.29, 0.717) is 17.1 Å². The van der Waals surface area contributed by atoms with Crippen LogP contribution in [0.25, 0.3) is 10.9 Å². The van der Waals surface area contributed by atoms with Crippen molar-refractivity contribution >= 4 is 11.8 Å². The summed E-state index contributed by atoms with van der Waals surface area (Å²) in [4.78, 5) is 5.41. The van der Waals surface area contributed by atoms with Gasteiger partial charge in [0.15, 0.2) is 0 Å². The van der Waals surface area contributed by atoms with Gasteiger partial charge in [-0.2, -0.15) is 0 Å². The molecule has 0 atom stereocenters. The highest BCUT2D eigenvalue weighted by molar-refractivity contribution is 5.59. The molecular weight excluding hydrogens is 298 g/mol. The third-order valence-electron chi connectivity index (χ3n) is 3.67. The van der Waals surface area contributed by atoms with Crippen LogP contribution in [-0.4, -0.2) is 13.6 Å². The monoisotopic (exact) mass is 317 g/mol. The van der Waals surface area contributed by atoms with Gasteiger partial charge in [-0.25, -0.2) is 10.1 Å². The van der Waals surface area contributed by atoms with E-state index in [1.807, 2.05) is 30.4 Å². The molecule has 1 aliphatic rings. The summed E-state index contributed by atoms with van der Waals surface area (Å²) in [5, 5.41) is 9.01. The number of ether oxygens (including phenoxy) is 1. The van der Waals surface area contributed by atoms with E-state index in [9.17, 15) is 0 Å². The number of anilines is 1. The third kappa shape index (κ3) is 4.15. The zero-order valence-corrected chi connectivity index (χ0v) is 14.1. The van der Waals surface area contributed by atoms with Crippen LogP contribution >= 0.6 is 0 Å². The Hall–Kier alpha value is -3.24. The standard InChI is InChI=1S/C20H19N3O/c1-5-23(4)18-9-6-16(7-10-18)8-11-19-13-17(12-15(2)24-19)20(14-21)22-3/h6-13H,5H2,1-2,4H3/b11-8+,20-17-. The first-order chi connectivity index (χ1) is 11.6. The number of hydrogen-bond donors (Lipinski definition) is 0. The predicted octanol–water partition coefficient (Wildman–Crippen LogP) is 4.67. The Balaban J connectivity index is 2.21. The predicted molar refractivity (Wildman–Crippen MR) is 96.6 cm³/mol. The number of nitriles is 1. The van der Waals surface area contributed by atoms with E-state index in [1.165, 1.54) is 5.69 Å². The van der Waals surface area contributed by atoms with Crippen LogP contribution in [0, 0.1) is 17.9 Å². The minimum Gasteiger partial charge on any atom is -0.462 e. The average molecular weight is 317 g/mol. The van der Waals surface area contributed by atoms with Gasteiger partial charge in [-0.1, -0.05) is 18.2 Å². The minimum absolute atomic E-state index is 0.0653. The molecule has 4 heteroatoms. The van der Waals surface area contributed by atoms with Crippen LogP contribution in [0.5, 0.6) is 0 Å². The van der Waals surface area contributed by atoms with Crippen LogP contribution in [0.15, 0.2) is 65.3 Å². The van der Waals surface area contributed by atoms with Gasteiger partial charge in [0.1, 0.15) is 11.5 Å². The van der Waals surface area contributed by atoms with Gasteiger partial charge in [-0.3, -0.25) is 0 Å². The van der Waals surface area contributed by atoms with Crippen molar-refractivity contribution in [2.45, 2.75) is 13.8 Å². The van der Waals surface area contributed by atoms with Gasteiger partial charge in [0, 0.05) is 19.3 Å². The SMILES string of the molecule is [C-]#[N+]/C(C#N)=C1/C=C(C)OC(/C=C/c2ccc(N(C)CC)cc2)=C1. The summed E-state index contributed by atoms with van der Waals surface area (Å²) in [5.74, 6) is 1.26. The van der Waals surface area contributed by atoms with Crippen LogP contribution in [-0.2, 0) is 4.74 Å². The molecule has 0 N–H and O–H groups in total. The van der Waals surface area contributed by atoms with E-state index in [-0.39, 0.29) is 5.70 Å². The van der Waals surface area contributed by atoms with Crippen molar-refractivity contribution in [1.29, 1.82) is 5.26 Å². The first kappa shape index (κ1) is 17.1. The molecule has 0 saturated carbocycles. The smallest absolute Gasteiger partial charge is 0.269 e. The molecule has 0 unspecified atom stereocenters. The summed E-state index contributed by atoms with van der Waals surface area (Å²) < 4.78 is 5.64. The molecule has 24 heavy (non-hydrogen) atoms. The molecule has 0 saturated heterocycles. The first-order valence-corrected chi connectivity index (χ1v) is 7.66. The topological polar surface area (TPSA) is 40.6 Å². The lowest BCUT2D eigenvalue weighted by molar-refractivity contribution is 0.318. The highest BCUT2D eigenvalue weighted by atomic mass is 16.5. The molecule has 0 bridgehead atoms. The van der Waals surface area contributed by atoms with E-state index < -0.39 is 0 Å². The fourth-order valence-corrected chi connectivity index (χ4v) is 2.23. The number of nitrogens with zero attached hydrogens (tertiary/aromatic N) is 3. The lowest BCUT2D eigenvalue weighted by atomic mass is 10.1. The Morgan fingerprint density at radius 2 is 2.00 bits per heavy atom. The van der Waals surface area contributed by atoms with Crippen LogP contribution in [0.3, 0.4) is 0 Å². The summed E-state index contributed by atoms with van der Waals surface area (Å²) in [6.07, 6.45) is 7.19. The Bertz CT molecular complexity index is 796. The largest absolute Gasteiger partial charge is 0.462 e. The average Bonchev–Trinajstić information content (AvgIpc) is 2.60. The summed E-state index contributed by atoms with van der Waals surface area (Å²) in [7, 11) is 2.05. The molecule has 4 nitrogen and oxygen atoms in total. The van der Waals surface area contributed by atoms with E-state index in [2.05, 4.69) is 35.8 Å². The highest BCUT2D eigenvalue weighted by Crippen LogP contribution is 2.23. The maximum absolute atomic E-state index is 9.01. The molecule has 2 rings (SSSR count). The van der Waals surface area contributed by atoms with Gasteiger partial charge < -0.3 is 9.64 Å². The number of rotatable bonds is 4. The number of allylic oxidation sites excluding steroid dienone is 6. The highest BCUT2D eigenvalue weighted by Gasteiger charge is 2.10. The zero-order chi connectivity index (χ0) is 17.5. The molecule has 1 aromatic rings. The van der Waals surface area contributed by atoms with Crippen molar-refractivity contribution in [3.05, 3.63) is 82.3 Å². The van der Waals surface area contributed by atoms with Gasteiger partial charge in [0.25, 0.3) is 5.70 Å². The Kier molecular flexibility index (Phi) is 5.60. The van der Waals surface area contributed by atoms with E-state index in [0.717, 1.165) is 12.1 Å². The second-order valence-electron chi connectivity index (χ2n) is 5.37. The minimum atomic E-state index is 0.0653. The lowest BCUT2D eigenvalue weighted by Crippen LogP contribution is -2.15. The van der Waals surface area contributed by atoms with Crippen molar-refractivity contribution in [2.24, 2.45) is 0 Å². The van der Waals surface area contributed by atoms with Crippen LogP contribution in [0.1, 0.15) is 19.4 Å². The molecular formula is C20H19N3O. The third-order valence-corrected chi connectivity index (χ3v) is 3.67. The van der Waals surface area contributed by atoms with Gasteiger partial charge in [-0.15, -0.1) is 0 Å². The van der Waals surface area contributed by atoms with Gasteiger partial charge in [0.05, 0.1) is 12.6 Å². The molecule has 0 spiro atoms. The molecule has 120 valence electrons. The molecule has 0 radical (unpaired) electrons. The quantitative estimate of drug-likeness (QED) is 0.598. The van der Waals surface area contributed by atoms with E-state index in [1.54, 1.807) is 19.1 Å². The summed E-state index contributed by atoms with van der Waals surface area (Å²) >= 11 is 0. The van der Waals surface area contributed by atoms with Gasteiger partial charge >= 0.3 is 0 Å². The first-order valence-electron chi connectivity index (χ1n) is 7.66. The normalized spacial score (nSPS) is 15.7. The molecule has 0 aliphatic carbocycles. The molecule has 0 fully saturated rings. The van der Waals surface area contributed by atoms with Crippen molar-refractivity contribution in [3.8, 4) is 6.07 Å². The molecule has 0 amide bonds. The Labute approximate surface area is 143 Å². The van der Waals surface area contributed by atoms with Crippen LogP contribution in [0.2, 0.25) is 0 Å². The van der Waals surface area contributed by atoms with Crippen molar-refractivity contribution in [1.82, 2.24) is 0 Å². The molecule has 1 heterocycles. The summed E-state index contributed by atoms with van der Waals surface area (Å²) in [5.41, 5.74) is 2.87. The van der Waals surface area contributed by atoms with Gasteiger partial charge in [0.2, 0.25) is 0 Å². The molecule has 0 aromatic heterocycles. The lowest BCUT2D eigenvalue weighted by Gasteiger charge is -2.16. The number of hydrogen-bond acceptors (Lipinski definition) is 3. The fourth-order valence-electron chi connectivity index (χ4n) is 2.23. The second kappa shape index (κ2) is 7.85.